The van der Waals surface area contributed by atoms with Crippen molar-refractivity contribution < 1.29 is 14.3 Å². The Kier molecular flexibility index (Phi) is 5.01. The quantitative estimate of drug-likeness (QED) is 0.487. The molecule has 1 aromatic rings. The van der Waals surface area contributed by atoms with Crippen LogP contribution in [-0.4, -0.2) is 16.9 Å². The summed E-state index contributed by atoms with van der Waals surface area (Å²) >= 11 is 0. The first kappa shape index (κ1) is 13.1. The number of aryl methyl sites for hydroxylation is 1. The van der Waals surface area contributed by atoms with E-state index in [-0.39, 0.29) is 11.4 Å². The predicted octanol–water partition coefficient (Wildman–Crippen LogP) is 1.51. The molecule has 0 spiro atoms. The van der Waals surface area contributed by atoms with Crippen molar-refractivity contribution in [2.75, 3.05) is 0 Å². The van der Waals surface area contributed by atoms with E-state index in [9.17, 15) is 4.39 Å². The summed E-state index contributed by atoms with van der Waals surface area (Å²) in [4.78, 5) is 9.00. The summed E-state index contributed by atoms with van der Waals surface area (Å²) < 4.78 is 12.9. The van der Waals surface area contributed by atoms with Crippen molar-refractivity contribution in [2.24, 2.45) is 5.73 Å². The number of carbonyl (C=O) groups is 1. The molecule has 0 aliphatic rings. The number of halogens is 1. The van der Waals surface area contributed by atoms with Crippen LogP contribution < -0.4 is 5.73 Å². The maximum atomic E-state index is 12.9. The van der Waals surface area contributed by atoms with Crippen molar-refractivity contribution in [1.82, 2.24) is 0 Å². The molecule has 1 aromatic carbocycles. The summed E-state index contributed by atoms with van der Waals surface area (Å²) in [7, 11) is 0. The molecule has 0 saturated carbocycles. The molecule has 0 radical (unpaired) electrons. The molecule has 0 bridgehead atoms. The molecule has 0 saturated heterocycles. The van der Waals surface area contributed by atoms with Crippen LogP contribution >= 0.6 is 0 Å². The van der Waals surface area contributed by atoms with Crippen LogP contribution in [0.5, 0.6) is 0 Å². The van der Waals surface area contributed by atoms with Crippen LogP contribution in [-0.2, 0) is 4.79 Å². The van der Waals surface area contributed by atoms with Gasteiger partial charge in [0.25, 0.3) is 5.97 Å². The normalized spacial score (nSPS) is 8.73. The van der Waals surface area contributed by atoms with Gasteiger partial charge >= 0.3 is 0 Å². The van der Waals surface area contributed by atoms with Crippen LogP contribution in [0.15, 0.2) is 18.2 Å². The van der Waals surface area contributed by atoms with Crippen molar-refractivity contribution in [3.8, 4) is 0 Å². The van der Waals surface area contributed by atoms with Gasteiger partial charge in [0.1, 0.15) is 11.7 Å². The summed E-state index contributed by atoms with van der Waals surface area (Å²) in [5, 5.41) is 14.4. The van der Waals surface area contributed by atoms with E-state index in [1.807, 2.05) is 0 Å². The number of aliphatic carboxylic acids is 1. The molecule has 0 aromatic heterocycles. The van der Waals surface area contributed by atoms with Gasteiger partial charge in [-0.05, 0) is 24.6 Å². The third kappa shape index (κ3) is 5.41. The van der Waals surface area contributed by atoms with E-state index in [0.717, 1.165) is 12.5 Å². The van der Waals surface area contributed by atoms with E-state index < -0.39 is 11.8 Å². The lowest BCUT2D eigenvalue weighted by Gasteiger charge is -2.00. The largest absolute Gasteiger partial charge is 0.481 e. The zero-order chi connectivity index (χ0) is 12.0. The summed E-state index contributed by atoms with van der Waals surface area (Å²) in [6.45, 7) is 2.87. The number of amidine groups is 1. The molecule has 5 heteroatoms. The van der Waals surface area contributed by atoms with E-state index in [2.05, 4.69) is 0 Å². The average Bonchev–Trinajstić information content (AvgIpc) is 2.01. The van der Waals surface area contributed by atoms with Crippen molar-refractivity contribution in [3.05, 3.63) is 35.1 Å². The third-order valence-corrected chi connectivity index (χ3v) is 1.41. The number of carboxylic acids is 1. The van der Waals surface area contributed by atoms with Crippen molar-refractivity contribution in [2.45, 2.75) is 13.8 Å². The van der Waals surface area contributed by atoms with Crippen LogP contribution in [0.4, 0.5) is 4.39 Å². The van der Waals surface area contributed by atoms with E-state index in [1.54, 1.807) is 13.0 Å². The van der Waals surface area contributed by atoms with Gasteiger partial charge in [-0.25, -0.2) is 4.39 Å². The van der Waals surface area contributed by atoms with E-state index in [0.29, 0.717) is 0 Å². The van der Waals surface area contributed by atoms with Gasteiger partial charge in [-0.2, -0.15) is 0 Å². The minimum atomic E-state index is -0.833. The second kappa shape index (κ2) is 5.74. The summed E-state index contributed by atoms with van der Waals surface area (Å²) in [5.41, 5.74) is 6.10. The first-order valence-electron chi connectivity index (χ1n) is 4.14. The molecule has 0 atom stereocenters. The molecule has 0 unspecified atom stereocenters. The van der Waals surface area contributed by atoms with Gasteiger partial charge in [-0.3, -0.25) is 10.2 Å². The fourth-order valence-electron chi connectivity index (χ4n) is 0.839. The third-order valence-electron chi connectivity index (χ3n) is 1.41. The van der Waals surface area contributed by atoms with Crippen LogP contribution in [0.1, 0.15) is 18.1 Å². The predicted molar refractivity (Wildman–Crippen MR) is 55.5 cm³/mol. The van der Waals surface area contributed by atoms with Gasteiger partial charge in [0.05, 0.1) is 5.56 Å². The van der Waals surface area contributed by atoms with E-state index in [1.165, 1.54) is 12.1 Å². The highest BCUT2D eigenvalue weighted by Crippen LogP contribution is 2.08. The highest BCUT2D eigenvalue weighted by Gasteiger charge is 2.03. The number of nitrogens with one attached hydrogen (secondary N) is 1. The Morgan fingerprint density at radius 2 is 2.00 bits per heavy atom. The van der Waals surface area contributed by atoms with Gasteiger partial charge < -0.3 is 10.8 Å². The van der Waals surface area contributed by atoms with Crippen molar-refractivity contribution >= 4 is 11.8 Å². The van der Waals surface area contributed by atoms with Crippen molar-refractivity contribution in [1.29, 1.82) is 5.41 Å². The molecule has 0 amide bonds. The Morgan fingerprint density at radius 1 is 1.53 bits per heavy atom. The van der Waals surface area contributed by atoms with Gasteiger partial charge in [0.15, 0.2) is 0 Å². The molecule has 82 valence electrons. The minimum Gasteiger partial charge on any atom is -0.481 e. The minimum absolute atomic E-state index is 0.163. The molecule has 0 aliphatic heterocycles. The maximum Gasteiger partial charge on any atom is 0.300 e. The van der Waals surface area contributed by atoms with Crippen LogP contribution in [0.3, 0.4) is 0 Å². The van der Waals surface area contributed by atoms with E-state index >= 15 is 0 Å². The molecule has 4 nitrogen and oxygen atoms in total. The number of rotatable bonds is 1. The number of nitrogens with two attached hydrogens (primary N) is 1. The molecule has 0 heterocycles. The fraction of sp³-hybridized carbons (Fsp3) is 0.200. The zero-order valence-electron chi connectivity index (χ0n) is 8.54. The molecule has 0 fully saturated rings. The highest BCUT2D eigenvalue weighted by molar-refractivity contribution is 5.95. The van der Waals surface area contributed by atoms with Crippen molar-refractivity contribution in [3.63, 3.8) is 0 Å². The number of benzene rings is 1. The van der Waals surface area contributed by atoms with Gasteiger partial charge in [-0.15, -0.1) is 0 Å². The lowest BCUT2D eigenvalue weighted by Crippen LogP contribution is -2.12. The highest BCUT2D eigenvalue weighted by atomic mass is 19.1. The first-order chi connectivity index (χ1) is 6.84. The Hall–Kier alpha value is -1.91. The van der Waals surface area contributed by atoms with Gasteiger partial charge in [-0.1, -0.05) is 6.07 Å². The first-order valence-corrected chi connectivity index (χ1v) is 4.14. The Bertz CT molecular complexity index is 374. The molecule has 1 rings (SSSR count). The van der Waals surface area contributed by atoms with Gasteiger partial charge in [0, 0.05) is 6.92 Å². The molecule has 4 N–H and O–H groups in total. The number of carboxylic acid groups (broad SMARTS) is 1. The SMILES string of the molecule is CC(=O)O.Cc1ccc(C(=N)N)c(F)c1. The molecular weight excluding hydrogens is 199 g/mol. The summed E-state index contributed by atoms with van der Waals surface area (Å²) in [6.07, 6.45) is 0. The molecular formula is C10H13FN2O2. The standard InChI is InChI=1S/C8H9FN2.C2H4O2/c1-5-2-3-6(8(10)11)7(9)4-5;1-2(3)4/h2-4H,1H3,(H3,10,11);1H3,(H,3,4). The molecule has 0 aliphatic carbocycles. The van der Waals surface area contributed by atoms with Crippen LogP contribution in [0.25, 0.3) is 0 Å². The second-order valence-electron chi connectivity index (χ2n) is 2.92. The number of nitrogen functional groups attached to an aromatic ring is 1. The topological polar surface area (TPSA) is 87.2 Å². The summed E-state index contributed by atoms with van der Waals surface area (Å²) in [5.74, 6) is -1.50. The fourth-order valence-corrected chi connectivity index (χ4v) is 0.839. The van der Waals surface area contributed by atoms with E-state index in [4.69, 9.17) is 21.0 Å². The average molecular weight is 212 g/mol. The second-order valence-corrected chi connectivity index (χ2v) is 2.92. The summed E-state index contributed by atoms with van der Waals surface area (Å²) in [6, 6.07) is 4.59. The Morgan fingerprint density at radius 3 is 2.33 bits per heavy atom. The van der Waals surface area contributed by atoms with Gasteiger partial charge in [0.2, 0.25) is 0 Å². The Balaban J connectivity index is 0.000000423. The molecule has 15 heavy (non-hydrogen) atoms. The van der Waals surface area contributed by atoms with Crippen LogP contribution in [0.2, 0.25) is 0 Å². The smallest absolute Gasteiger partial charge is 0.300 e. The monoisotopic (exact) mass is 212 g/mol. The number of hydrogen-bond donors (Lipinski definition) is 3. The zero-order valence-corrected chi connectivity index (χ0v) is 8.54. The number of hydrogen-bond acceptors (Lipinski definition) is 2. The van der Waals surface area contributed by atoms with Crippen LogP contribution in [0, 0.1) is 18.2 Å². The Labute approximate surface area is 87.0 Å². The maximum absolute atomic E-state index is 12.9. The lowest BCUT2D eigenvalue weighted by atomic mass is 10.1. The lowest BCUT2D eigenvalue weighted by molar-refractivity contribution is -0.134.